The van der Waals surface area contributed by atoms with Gasteiger partial charge in [-0.05, 0) is 68.0 Å². The van der Waals surface area contributed by atoms with E-state index in [1.165, 1.54) is 50.6 Å². The molecule has 0 bridgehead atoms. The van der Waals surface area contributed by atoms with Crippen molar-refractivity contribution in [3.63, 3.8) is 0 Å². The smallest absolute Gasteiger partial charge is 0.0541 e. The molecule has 0 radical (unpaired) electrons. The van der Waals surface area contributed by atoms with E-state index >= 15 is 0 Å². The summed E-state index contributed by atoms with van der Waals surface area (Å²) in [6, 6.07) is 7.27. The number of hydrogen-bond acceptors (Lipinski definition) is 1. The van der Waals surface area contributed by atoms with Crippen LogP contribution >= 0.6 is 0 Å². The number of hydrogen-bond donors (Lipinski definition) is 1. The van der Waals surface area contributed by atoms with E-state index in [1.54, 1.807) is 11.1 Å². The fraction of sp³-hybridized carbons (Fsp3) is 0.727. The van der Waals surface area contributed by atoms with Gasteiger partial charge in [0.25, 0.3) is 0 Å². The molecule has 4 unspecified atom stereocenters. The maximum Gasteiger partial charge on any atom is 0.0541 e. The molecule has 0 aromatic heterocycles. The summed E-state index contributed by atoms with van der Waals surface area (Å²) in [5, 5.41) is 4.09. The zero-order valence-electron chi connectivity index (χ0n) is 15.4. The van der Waals surface area contributed by atoms with Crippen LogP contribution in [0, 0.1) is 24.7 Å². The largest absolute Gasteiger partial charge is 0.306 e. The molecule has 1 spiro atoms. The molecule has 0 saturated heterocycles. The van der Waals surface area contributed by atoms with Crippen molar-refractivity contribution >= 4 is 0 Å². The lowest BCUT2D eigenvalue weighted by atomic mass is 9.34. The van der Waals surface area contributed by atoms with Gasteiger partial charge < -0.3 is 5.32 Å². The van der Waals surface area contributed by atoms with Crippen LogP contribution in [0.5, 0.6) is 0 Å². The normalized spacial score (nSPS) is 39.1. The van der Waals surface area contributed by atoms with Gasteiger partial charge in [0.2, 0.25) is 0 Å². The summed E-state index contributed by atoms with van der Waals surface area (Å²) in [6.45, 7) is 10.6. The molecular formula is C22H33N. The van der Waals surface area contributed by atoms with E-state index in [2.05, 4.69) is 51.2 Å². The molecule has 1 aromatic rings. The topological polar surface area (TPSA) is 12.0 Å². The SMILES string of the molecule is CCC(C)CNC12CC3CCC(C)CC[C@@]31c1cc(C)ccc12. The lowest BCUT2D eigenvalue weighted by molar-refractivity contribution is -0.0825. The van der Waals surface area contributed by atoms with Crippen molar-refractivity contribution in [3.8, 4) is 0 Å². The van der Waals surface area contributed by atoms with Gasteiger partial charge >= 0.3 is 0 Å². The molecular weight excluding hydrogens is 278 g/mol. The fourth-order valence-electron chi connectivity index (χ4n) is 5.90. The molecule has 23 heavy (non-hydrogen) atoms. The molecule has 1 aromatic carbocycles. The van der Waals surface area contributed by atoms with Gasteiger partial charge in [-0.15, -0.1) is 0 Å². The zero-order valence-corrected chi connectivity index (χ0v) is 15.4. The Morgan fingerprint density at radius 1 is 1.22 bits per heavy atom. The van der Waals surface area contributed by atoms with Crippen molar-refractivity contribution in [2.24, 2.45) is 17.8 Å². The van der Waals surface area contributed by atoms with Crippen LogP contribution in [0.15, 0.2) is 18.2 Å². The summed E-state index contributed by atoms with van der Waals surface area (Å²) < 4.78 is 0. The highest BCUT2D eigenvalue weighted by molar-refractivity contribution is 5.60. The first-order chi connectivity index (χ1) is 11.0. The Hall–Kier alpha value is -0.820. The van der Waals surface area contributed by atoms with E-state index in [-0.39, 0.29) is 0 Å². The molecule has 3 aliphatic rings. The van der Waals surface area contributed by atoms with Crippen LogP contribution in [-0.4, -0.2) is 6.54 Å². The second-order valence-electron chi connectivity index (χ2n) is 8.94. The van der Waals surface area contributed by atoms with Gasteiger partial charge in [-0.3, -0.25) is 0 Å². The minimum Gasteiger partial charge on any atom is -0.306 e. The average molecular weight is 312 g/mol. The predicted molar refractivity (Wildman–Crippen MR) is 97.7 cm³/mol. The van der Waals surface area contributed by atoms with Gasteiger partial charge in [0.05, 0.1) is 5.54 Å². The second kappa shape index (κ2) is 5.34. The van der Waals surface area contributed by atoms with Crippen LogP contribution in [0.25, 0.3) is 0 Å². The molecule has 1 heteroatoms. The highest BCUT2D eigenvalue weighted by Crippen LogP contribution is 2.73. The lowest BCUT2D eigenvalue weighted by Crippen LogP contribution is -2.77. The Bertz CT molecular complexity index is 606. The van der Waals surface area contributed by atoms with E-state index in [1.807, 2.05) is 0 Å². The number of benzene rings is 1. The molecule has 3 aliphatic carbocycles. The van der Waals surface area contributed by atoms with Gasteiger partial charge in [0, 0.05) is 5.41 Å². The lowest BCUT2D eigenvalue weighted by Gasteiger charge is -2.73. The summed E-state index contributed by atoms with van der Waals surface area (Å²) >= 11 is 0. The summed E-state index contributed by atoms with van der Waals surface area (Å²) in [5.41, 5.74) is 5.56. The molecule has 2 fully saturated rings. The van der Waals surface area contributed by atoms with E-state index in [0.29, 0.717) is 11.0 Å². The number of fused-ring (bicyclic) bond motifs is 2. The molecule has 0 amide bonds. The third kappa shape index (κ3) is 1.95. The number of aryl methyl sites for hydroxylation is 1. The zero-order chi connectivity index (χ0) is 16.2. The molecule has 1 nitrogen and oxygen atoms in total. The van der Waals surface area contributed by atoms with Crippen LogP contribution < -0.4 is 5.32 Å². The highest BCUT2D eigenvalue weighted by Gasteiger charge is 2.73. The number of rotatable bonds is 4. The molecule has 126 valence electrons. The first-order valence-corrected chi connectivity index (χ1v) is 9.90. The predicted octanol–water partition coefficient (Wildman–Crippen LogP) is 5.31. The third-order valence-corrected chi connectivity index (χ3v) is 7.62. The summed E-state index contributed by atoms with van der Waals surface area (Å²) in [5.74, 6) is 2.61. The Morgan fingerprint density at radius 2 is 2.04 bits per heavy atom. The molecule has 1 N–H and O–H groups in total. The second-order valence-corrected chi connectivity index (χ2v) is 8.94. The third-order valence-electron chi connectivity index (χ3n) is 7.62. The van der Waals surface area contributed by atoms with E-state index in [9.17, 15) is 0 Å². The van der Waals surface area contributed by atoms with Gasteiger partial charge in [0.1, 0.15) is 0 Å². The van der Waals surface area contributed by atoms with E-state index in [0.717, 1.165) is 17.8 Å². The van der Waals surface area contributed by atoms with E-state index < -0.39 is 0 Å². The summed E-state index contributed by atoms with van der Waals surface area (Å²) in [4.78, 5) is 0. The minimum absolute atomic E-state index is 0.314. The van der Waals surface area contributed by atoms with Crippen molar-refractivity contribution in [1.82, 2.24) is 5.32 Å². The van der Waals surface area contributed by atoms with Crippen molar-refractivity contribution in [2.45, 2.75) is 77.2 Å². The van der Waals surface area contributed by atoms with Crippen LogP contribution in [0.3, 0.4) is 0 Å². The first-order valence-electron chi connectivity index (χ1n) is 9.90. The van der Waals surface area contributed by atoms with Crippen molar-refractivity contribution < 1.29 is 0 Å². The number of nitrogens with one attached hydrogen (secondary N) is 1. The minimum atomic E-state index is 0.314. The Labute approximate surface area is 142 Å². The Morgan fingerprint density at radius 3 is 2.83 bits per heavy atom. The molecule has 4 rings (SSSR count). The van der Waals surface area contributed by atoms with Gasteiger partial charge in [-0.25, -0.2) is 0 Å². The quantitative estimate of drug-likeness (QED) is 0.795. The Kier molecular flexibility index (Phi) is 3.65. The maximum atomic E-state index is 4.09. The van der Waals surface area contributed by atoms with Crippen molar-refractivity contribution in [1.29, 1.82) is 0 Å². The van der Waals surface area contributed by atoms with Gasteiger partial charge in [0.15, 0.2) is 0 Å². The molecule has 2 saturated carbocycles. The Balaban J connectivity index is 1.71. The standard InChI is InChI=1S/C22H33N/c1-5-15(2)14-23-22-13-18-8-6-16(3)10-11-21(18,22)20-12-17(4)7-9-19(20)22/h7,9,12,15-16,18,23H,5-6,8,10-11,13-14H2,1-4H3/t15?,16?,18?,21-,22?/m0/s1. The molecule has 0 heterocycles. The van der Waals surface area contributed by atoms with Crippen LogP contribution in [-0.2, 0) is 11.0 Å². The summed E-state index contributed by atoms with van der Waals surface area (Å²) in [7, 11) is 0. The van der Waals surface area contributed by atoms with Crippen molar-refractivity contribution in [3.05, 3.63) is 34.9 Å². The summed E-state index contributed by atoms with van der Waals surface area (Å²) in [6.07, 6.45) is 8.36. The first kappa shape index (κ1) is 15.7. The molecule has 0 aliphatic heterocycles. The highest BCUT2D eigenvalue weighted by atomic mass is 15.1. The van der Waals surface area contributed by atoms with Crippen LogP contribution in [0.2, 0.25) is 0 Å². The van der Waals surface area contributed by atoms with Crippen LogP contribution in [0.4, 0.5) is 0 Å². The monoisotopic (exact) mass is 311 g/mol. The fourth-order valence-corrected chi connectivity index (χ4v) is 5.90. The molecule has 5 atom stereocenters. The van der Waals surface area contributed by atoms with Crippen molar-refractivity contribution in [2.75, 3.05) is 6.54 Å². The van der Waals surface area contributed by atoms with Crippen LogP contribution in [0.1, 0.15) is 76.0 Å². The average Bonchev–Trinajstić information content (AvgIpc) is 2.68. The van der Waals surface area contributed by atoms with Gasteiger partial charge in [-0.1, -0.05) is 57.4 Å². The van der Waals surface area contributed by atoms with Gasteiger partial charge in [-0.2, -0.15) is 0 Å². The maximum absolute atomic E-state index is 4.09. The van der Waals surface area contributed by atoms with E-state index in [4.69, 9.17) is 0 Å².